The van der Waals surface area contributed by atoms with Crippen molar-refractivity contribution in [1.29, 1.82) is 0 Å². The van der Waals surface area contributed by atoms with E-state index in [0.717, 1.165) is 10.6 Å². The number of hydrogen-bond donors (Lipinski definition) is 1. The normalized spacial score (nSPS) is 11.9. The van der Waals surface area contributed by atoms with Crippen LogP contribution >= 0.6 is 0 Å². The Morgan fingerprint density at radius 2 is 1.63 bits per heavy atom. The molecular weight excluding hydrogens is 412 g/mol. The molecule has 0 aliphatic carbocycles. The van der Waals surface area contributed by atoms with Crippen LogP contribution in [0, 0.1) is 0 Å². The van der Waals surface area contributed by atoms with Crippen LogP contribution < -0.4 is 19.1 Å². The predicted molar refractivity (Wildman–Crippen MR) is 113 cm³/mol. The van der Waals surface area contributed by atoms with Crippen LogP contribution in [-0.2, 0) is 19.6 Å². The van der Waals surface area contributed by atoms with Gasteiger partial charge in [-0.1, -0.05) is 0 Å². The molecule has 0 aromatic heterocycles. The van der Waals surface area contributed by atoms with E-state index < -0.39 is 27.9 Å². The molecule has 0 radical (unpaired) electrons. The van der Waals surface area contributed by atoms with Crippen LogP contribution in [-0.4, -0.2) is 53.9 Å². The summed E-state index contributed by atoms with van der Waals surface area (Å²) in [6.45, 7) is 1.46. The zero-order chi connectivity index (χ0) is 22.5. The lowest BCUT2D eigenvalue weighted by Gasteiger charge is -2.29. The number of hydrogen-bond acceptors (Lipinski definition) is 7. The van der Waals surface area contributed by atoms with Gasteiger partial charge in [-0.15, -0.1) is 0 Å². The SMILES string of the molecule is COC(=O)c1ccc(NC(=O)[C@H](C)N(c2cc(OC)ccc2OC)S(C)(=O)=O)cc1. The van der Waals surface area contributed by atoms with E-state index in [9.17, 15) is 18.0 Å². The molecule has 10 heteroatoms. The van der Waals surface area contributed by atoms with Gasteiger partial charge in [0.2, 0.25) is 15.9 Å². The Morgan fingerprint density at radius 3 is 2.13 bits per heavy atom. The van der Waals surface area contributed by atoms with Gasteiger partial charge in [-0.25, -0.2) is 13.2 Å². The number of carbonyl (C=O) groups is 2. The lowest BCUT2D eigenvalue weighted by Crippen LogP contribution is -2.45. The van der Waals surface area contributed by atoms with Crippen LogP contribution in [0.2, 0.25) is 0 Å². The maximum atomic E-state index is 12.8. The molecule has 0 aliphatic heterocycles. The van der Waals surface area contributed by atoms with Crippen molar-refractivity contribution in [2.75, 3.05) is 37.2 Å². The molecule has 0 fully saturated rings. The highest BCUT2D eigenvalue weighted by molar-refractivity contribution is 7.92. The second-order valence-electron chi connectivity index (χ2n) is 6.33. The first kappa shape index (κ1) is 23.0. The van der Waals surface area contributed by atoms with Gasteiger partial charge in [0, 0.05) is 11.8 Å². The zero-order valence-electron chi connectivity index (χ0n) is 17.3. The van der Waals surface area contributed by atoms with Crippen molar-refractivity contribution < 1.29 is 32.2 Å². The highest BCUT2D eigenvalue weighted by atomic mass is 32.2. The van der Waals surface area contributed by atoms with E-state index in [1.165, 1.54) is 58.6 Å². The molecule has 0 spiro atoms. The van der Waals surface area contributed by atoms with Gasteiger partial charge >= 0.3 is 5.97 Å². The lowest BCUT2D eigenvalue weighted by molar-refractivity contribution is -0.116. The number of esters is 1. The molecule has 2 aromatic carbocycles. The van der Waals surface area contributed by atoms with E-state index in [1.807, 2.05) is 0 Å². The van der Waals surface area contributed by atoms with E-state index in [1.54, 1.807) is 12.1 Å². The molecule has 0 saturated heterocycles. The van der Waals surface area contributed by atoms with Gasteiger partial charge in [-0.3, -0.25) is 9.10 Å². The second kappa shape index (κ2) is 9.49. The molecular formula is C20H24N2O7S. The van der Waals surface area contributed by atoms with Crippen LogP contribution in [0.1, 0.15) is 17.3 Å². The Morgan fingerprint density at radius 1 is 1.00 bits per heavy atom. The topological polar surface area (TPSA) is 111 Å². The molecule has 1 atom stereocenters. The number of nitrogens with one attached hydrogen (secondary N) is 1. The summed E-state index contributed by atoms with van der Waals surface area (Å²) in [6.07, 6.45) is 1.00. The first-order valence-corrected chi connectivity index (χ1v) is 10.7. The van der Waals surface area contributed by atoms with Crippen LogP contribution in [0.5, 0.6) is 11.5 Å². The molecule has 9 nitrogen and oxygen atoms in total. The third-order valence-corrected chi connectivity index (χ3v) is 5.51. The van der Waals surface area contributed by atoms with Crippen molar-refractivity contribution >= 4 is 33.3 Å². The zero-order valence-corrected chi connectivity index (χ0v) is 18.1. The summed E-state index contributed by atoms with van der Waals surface area (Å²) in [7, 11) is 0.264. The molecule has 2 aromatic rings. The van der Waals surface area contributed by atoms with Gasteiger partial charge in [0.1, 0.15) is 17.5 Å². The summed E-state index contributed by atoms with van der Waals surface area (Å²) in [5.74, 6) is -0.403. The Balaban J connectivity index is 2.35. The molecule has 0 bridgehead atoms. The third kappa shape index (κ3) is 5.20. The fourth-order valence-corrected chi connectivity index (χ4v) is 3.97. The smallest absolute Gasteiger partial charge is 0.337 e. The standard InChI is InChI=1S/C20H24N2O7S/c1-13(19(23)21-15-8-6-14(7-9-15)20(24)29-4)22(30(5,25)26)17-12-16(27-2)10-11-18(17)28-3/h6-13H,1-5H3,(H,21,23)/t13-/m0/s1. The molecule has 162 valence electrons. The summed E-state index contributed by atoms with van der Waals surface area (Å²) in [5, 5.41) is 2.65. The van der Waals surface area contributed by atoms with Gasteiger partial charge in [0.15, 0.2) is 0 Å². The minimum Gasteiger partial charge on any atom is -0.497 e. The van der Waals surface area contributed by atoms with Crippen LogP contribution in [0.4, 0.5) is 11.4 Å². The number of nitrogens with zero attached hydrogens (tertiary/aromatic N) is 1. The van der Waals surface area contributed by atoms with Gasteiger partial charge in [-0.2, -0.15) is 0 Å². The highest BCUT2D eigenvalue weighted by Gasteiger charge is 2.31. The minimum atomic E-state index is -3.86. The number of ether oxygens (including phenoxy) is 3. The Labute approximate surface area is 175 Å². The molecule has 0 aliphatic rings. The Kier molecular flexibility index (Phi) is 7.28. The van der Waals surface area contributed by atoms with E-state index in [0.29, 0.717) is 17.0 Å². The largest absolute Gasteiger partial charge is 0.497 e. The molecule has 2 rings (SSSR count). The number of benzene rings is 2. The van der Waals surface area contributed by atoms with Crippen molar-refractivity contribution in [1.82, 2.24) is 0 Å². The molecule has 1 N–H and O–H groups in total. The van der Waals surface area contributed by atoms with Crippen molar-refractivity contribution in [2.24, 2.45) is 0 Å². The number of anilines is 2. The maximum absolute atomic E-state index is 12.8. The number of sulfonamides is 1. The fraction of sp³-hybridized carbons (Fsp3) is 0.300. The fourth-order valence-electron chi connectivity index (χ4n) is 2.80. The average molecular weight is 436 g/mol. The van der Waals surface area contributed by atoms with Gasteiger partial charge < -0.3 is 19.5 Å². The third-order valence-electron chi connectivity index (χ3n) is 4.29. The number of rotatable bonds is 8. The number of amides is 1. The Hall–Kier alpha value is -3.27. The maximum Gasteiger partial charge on any atom is 0.337 e. The number of methoxy groups -OCH3 is 3. The molecule has 0 unspecified atom stereocenters. The van der Waals surface area contributed by atoms with Gasteiger partial charge in [0.25, 0.3) is 0 Å². The molecule has 0 saturated carbocycles. The van der Waals surface area contributed by atoms with Crippen LogP contribution in [0.3, 0.4) is 0 Å². The average Bonchev–Trinajstić information content (AvgIpc) is 2.72. The van der Waals surface area contributed by atoms with E-state index >= 15 is 0 Å². The number of carbonyl (C=O) groups excluding carboxylic acids is 2. The lowest BCUT2D eigenvalue weighted by atomic mass is 10.2. The molecule has 0 heterocycles. The first-order valence-electron chi connectivity index (χ1n) is 8.83. The van der Waals surface area contributed by atoms with E-state index in [4.69, 9.17) is 9.47 Å². The minimum absolute atomic E-state index is 0.169. The quantitative estimate of drug-likeness (QED) is 0.632. The molecule has 30 heavy (non-hydrogen) atoms. The van der Waals surface area contributed by atoms with Gasteiger partial charge in [0.05, 0.1) is 38.8 Å². The van der Waals surface area contributed by atoms with Crippen molar-refractivity contribution in [3.63, 3.8) is 0 Å². The summed E-state index contributed by atoms with van der Waals surface area (Å²) in [6, 6.07) is 9.58. The summed E-state index contributed by atoms with van der Waals surface area (Å²) in [4.78, 5) is 24.3. The Bertz CT molecular complexity index is 1020. The summed E-state index contributed by atoms with van der Waals surface area (Å²) >= 11 is 0. The van der Waals surface area contributed by atoms with Crippen LogP contribution in [0.15, 0.2) is 42.5 Å². The summed E-state index contributed by atoms with van der Waals surface area (Å²) in [5.41, 5.74) is 0.885. The van der Waals surface area contributed by atoms with Crippen molar-refractivity contribution in [3.8, 4) is 11.5 Å². The summed E-state index contributed by atoms with van der Waals surface area (Å²) < 4.78 is 41.2. The van der Waals surface area contributed by atoms with Crippen LogP contribution in [0.25, 0.3) is 0 Å². The second-order valence-corrected chi connectivity index (χ2v) is 8.19. The highest BCUT2D eigenvalue weighted by Crippen LogP contribution is 2.35. The monoisotopic (exact) mass is 436 g/mol. The van der Waals surface area contributed by atoms with Crippen molar-refractivity contribution in [3.05, 3.63) is 48.0 Å². The van der Waals surface area contributed by atoms with E-state index in [2.05, 4.69) is 10.1 Å². The van der Waals surface area contributed by atoms with E-state index in [-0.39, 0.29) is 11.4 Å². The van der Waals surface area contributed by atoms with Gasteiger partial charge in [-0.05, 0) is 43.3 Å². The van der Waals surface area contributed by atoms with Crippen molar-refractivity contribution in [2.45, 2.75) is 13.0 Å². The first-order chi connectivity index (χ1) is 14.1. The predicted octanol–water partition coefficient (Wildman–Crippen LogP) is 2.28. The molecule has 1 amide bonds.